The molecule has 0 radical (unpaired) electrons. The summed E-state index contributed by atoms with van der Waals surface area (Å²) in [6.45, 7) is 1.89. The molecule has 0 spiro atoms. The number of rotatable bonds is 6. The van der Waals surface area contributed by atoms with Crippen LogP contribution in [-0.2, 0) is 6.42 Å². The molecular weight excluding hydrogens is 338 g/mol. The van der Waals surface area contributed by atoms with Crippen molar-refractivity contribution in [3.05, 3.63) is 76.5 Å². The van der Waals surface area contributed by atoms with Gasteiger partial charge in [-0.15, -0.1) is 0 Å². The largest absolute Gasteiger partial charge is 0.492 e. The van der Waals surface area contributed by atoms with Crippen LogP contribution in [0.15, 0.2) is 65.4 Å². The second-order valence-electron chi connectivity index (χ2n) is 6.99. The number of piperidine rings is 1. The van der Waals surface area contributed by atoms with Gasteiger partial charge in [-0.2, -0.15) is 11.3 Å². The van der Waals surface area contributed by atoms with E-state index < -0.39 is 0 Å². The molecule has 1 aliphatic rings. The molecule has 0 aliphatic carbocycles. The summed E-state index contributed by atoms with van der Waals surface area (Å²) in [6, 6.07) is 20.1. The van der Waals surface area contributed by atoms with Gasteiger partial charge in [-0.1, -0.05) is 42.8 Å². The van der Waals surface area contributed by atoms with Gasteiger partial charge in [0.2, 0.25) is 0 Å². The molecule has 1 N–H and O–H groups in total. The quantitative estimate of drug-likeness (QED) is 0.622. The SMILES string of the molecule is c1cc(-c2ccc(Cc3ccc(OCC4CCCCN4)cc3)cc2)cs1. The fourth-order valence-electron chi connectivity index (χ4n) is 3.45. The minimum absolute atomic E-state index is 0.505. The van der Waals surface area contributed by atoms with E-state index in [9.17, 15) is 0 Å². The minimum Gasteiger partial charge on any atom is -0.492 e. The Morgan fingerprint density at radius 2 is 1.65 bits per heavy atom. The lowest BCUT2D eigenvalue weighted by Crippen LogP contribution is -2.38. The highest BCUT2D eigenvalue weighted by Gasteiger charge is 2.12. The second kappa shape index (κ2) is 8.52. The highest BCUT2D eigenvalue weighted by atomic mass is 32.1. The molecule has 4 rings (SSSR count). The lowest BCUT2D eigenvalue weighted by molar-refractivity contribution is 0.239. The molecule has 2 aromatic carbocycles. The van der Waals surface area contributed by atoms with E-state index in [4.69, 9.17) is 4.74 Å². The van der Waals surface area contributed by atoms with Crippen LogP contribution in [0.25, 0.3) is 11.1 Å². The third kappa shape index (κ3) is 4.54. The Bertz CT molecular complexity index is 787. The summed E-state index contributed by atoms with van der Waals surface area (Å²) < 4.78 is 5.95. The van der Waals surface area contributed by atoms with Crippen LogP contribution >= 0.6 is 11.3 Å². The minimum atomic E-state index is 0.505. The number of thiophene rings is 1. The molecule has 1 fully saturated rings. The number of hydrogen-bond donors (Lipinski definition) is 1. The van der Waals surface area contributed by atoms with E-state index in [1.54, 1.807) is 11.3 Å². The maximum absolute atomic E-state index is 5.95. The molecule has 1 aliphatic heterocycles. The molecule has 1 saturated heterocycles. The van der Waals surface area contributed by atoms with Crippen LogP contribution in [0.2, 0.25) is 0 Å². The van der Waals surface area contributed by atoms with Crippen molar-refractivity contribution in [3.63, 3.8) is 0 Å². The number of benzene rings is 2. The van der Waals surface area contributed by atoms with Crippen molar-refractivity contribution in [1.29, 1.82) is 0 Å². The molecule has 0 bridgehead atoms. The first-order chi connectivity index (χ1) is 12.9. The molecule has 1 aromatic heterocycles. The van der Waals surface area contributed by atoms with Crippen molar-refractivity contribution >= 4 is 11.3 Å². The van der Waals surface area contributed by atoms with Gasteiger partial charge in [0.05, 0.1) is 0 Å². The van der Waals surface area contributed by atoms with E-state index in [1.807, 2.05) is 0 Å². The summed E-state index contributed by atoms with van der Waals surface area (Å²) in [4.78, 5) is 0. The molecule has 1 atom stereocenters. The van der Waals surface area contributed by atoms with Crippen LogP contribution < -0.4 is 10.1 Å². The molecule has 26 heavy (non-hydrogen) atoms. The molecule has 0 saturated carbocycles. The Kier molecular flexibility index (Phi) is 5.68. The van der Waals surface area contributed by atoms with E-state index >= 15 is 0 Å². The molecule has 134 valence electrons. The van der Waals surface area contributed by atoms with Crippen LogP contribution in [0.1, 0.15) is 30.4 Å². The van der Waals surface area contributed by atoms with E-state index in [0.29, 0.717) is 6.04 Å². The maximum Gasteiger partial charge on any atom is 0.119 e. The highest BCUT2D eigenvalue weighted by molar-refractivity contribution is 7.08. The van der Waals surface area contributed by atoms with E-state index in [0.717, 1.165) is 25.3 Å². The third-order valence-electron chi connectivity index (χ3n) is 5.00. The molecule has 2 nitrogen and oxygen atoms in total. The Balaban J connectivity index is 1.32. The topological polar surface area (TPSA) is 21.3 Å². The summed E-state index contributed by atoms with van der Waals surface area (Å²) >= 11 is 1.74. The average molecular weight is 364 g/mol. The van der Waals surface area contributed by atoms with Gasteiger partial charge in [0.1, 0.15) is 12.4 Å². The number of hydrogen-bond acceptors (Lipinski definition) is 3. The summed E-state index contributed by atoms with van der Waals surface area (Å²) in [7, 11) is 0. The zero-order chi connectivity index (χ0) is 17.6. The van der Waals surface area contributed by atoms with Gasteiger partial charge >= 0.3 is 0 Å². The fraction of sp³-hybridized carbons (Fsp3) is 0.304. The Labute approximate surface area is 159 Å². The smallest absolute Gasteiger partial charge is 0.119 e. The maximum atomic E-state index is 5.95. The fourth-order valence-corrected chi connectivity index (χ4v) is 4.11. The molecule has 1 unspecified atom stereocenters. The summed E-state index contributed by atoms with van der Waals surface area (Å²) in [5.41, 5.74) is 5.24. The predicted molar refractivity (Wildman–Crippen MR) is 110 cm³/mol. The first kappa shape index (κ1) is 17.3. The van der Waals surface area contributed by atoms with Crippen molar-refractivity contribution in [2.24, 2.45) is 0 Å². The Morgan fingerprint density at radius 1 is 0.885 bits per heavy atom. The van der Waals surface area contributed by atoms with E-state index in [1.165, 1.54) is 41.5 Å². The highest BCUT2D eigenvalue weighted by Crippen LogP contribution is 2.23. The molecule has 3 aromatic rings. The van der Waals surface area contributed by atoms with Crippen molar-refractivity contribution in [2.45, 2.75) is 31.7 Å². The van der Waals surface area contributed by atoms with Gasteiger partial charge < -0.3 is 10.1 Å². The molecule has 0 amide bonds. The standard InChI is InChI=1S/C23H25NOS/c1-2-13-24-22(3-1)16-25-23-10-6-19(7-11-23)15-18-4-8-20(9-5-18)21-12-14-26-17-21/h4-12,14,17,22,24H,1-3,13,15-16H2. The van der Waals surface area contributed by atoms with Crippen LogP contribution in [0.5, 0.6) is 5.75 Å². The Morgan fingerprint density at radius 3 is 2.31 bits per heavy atom. The first-order valence-corrected chi connectivity index (χ1v) is 10.4. The monoisotopic (exact) mass is 363 g/mol. The van der Waals surface area contributed by atoms with Gasteiger partial charge in [-0.25, -0.2) is 0 Å². The number of ether oxygens (including phenoxy) is 1. The first-order valence-electron chi connectivity index (χ1n) is 9.43. The lowest BCUT2D eigenvalue weighted by atomic mass is 10.0. The zero-order valence-corrected chi connectivity index (χ0v) is 15.8. The lowest BCUT2D eigenvalue weighted by Gasteiger charge is -2.23. The van der Waals surface area contributed by atoms with E-state index in [-0.39, 0.29) is 0 Å². The number of nitrogens with one attached hydrogen (secondary N) is 1. The van der Waals surface area contributed by atoms with Gasteiger partial charge in [-0.3, -0.25) is 0 Å². The van der Waals surface area contributed by atoms with Crippen molar-refractivity contribution in [2.75, 3.05) is 13.2 Å². The van der Waals surface area contributed by atoms with Crippen molar-refractivity contribution in [1.82, 2.24) is 5.32 Å². The average Bonchev–Trinajstić information content (AvgIpc) is 3.24. The second-order valence-corrected chi connectivity index (χ2v) is 7.77. The summed E-state index contributed by atoms with van der Waals surface area (Å²) in [5.74, 6) is 0.967. The van der Waals surface area contributed by atoms with Crippen LogP contribution in [0.4, 0.5) is 0 Å². The van der Waals surface area contributed by atoms with Gasteiger partial charge in [0, 0.05) is 6.04 Å². The van der Waals surface area contributed by atoms with Gasteiger partial charge in [0.15, 0.2) is 0 Å². The zero-order valence-electron chi connectivity index (χ0n) is 15.0. The summed E-state index contributed by atoms with van der Waals surface area (Å²) in [6.07, 6.45) is 4.78. The molecule has 2 heterocycles. The van der Waals surface area contributed by atoms with Gasteiger partial charge in [0.25, 0.3) is 0 Å². The normalized spacial score (nSPS) is 17.2. The van der Waals surface area contributed by atoms with Gasteiger partial charge in [-0.05, 0) is 77.0 Å². The Hall–Kier alpha value is -2.10. The van der Waals surface area contributed by atoms with Crippen molar-refractivity contribution < 1.29 is 4.74 Å². The molecule has 3 heteroatoms. The van der Waals surface area contributed by atoms with Crippen LogP contribution in [0, 0.1) is 0 Å². The predicted octanol–water partition coefficient (Wildman–Crippen LogP) is 5.53. The van der Waals surface area contributed by atoms with E-state index in [2.05, 4.69) is 70.7 Å². The van der Waals surface area contributed by atoms with Crippen molar-refractivity contribution in [3.8, 4) is 16.9 Å². The van der Waals surface area contributed by atoms with Crippen LogP contribution in [-0.4, -0.2) is 19.2 Å². The third-order valence-corrected chi connectivity index (χ3v) is 5.69. The molecular formula is C23H25NOS. The summed E-state index contributed by atoms with van der Waals surface area (Å²) in [5, 5.41) is 7.84. The van der Waals surface area contributed by atoms with Crippen LogP contribution in [0.3, 0.4) is 0 Å².